The number of carbonyl (C=O) groups is 1. The van der Waals surface area contributed by atoms with Crippen LogP contribution in [0.5, 0.6) is 0 Å². The van der Waals surface area contributed by atoms with Gasteiger partial charge in [0.2, 0.25) is 0 Å². The van der Waals surface area contributed by atoms with Gasteiger partial charge in [0.1, 0.15) is 5.82 Å². The first-order chi connectivity index (χ1) is 10.0. The van der Waals surface area contributed by atoms with Crippen LogP contribution in [-0.4, -0.2) is 17.1 Å². The van der Waals surface area contributed by atoms with E-state index in [0.717, 1.165) is 11.1 Å². The molecule has 0 bridgehead atoms. The summed E-state index contributed by atoms with van der Waals surface area (Å²) < 4.78 is 12.9. The quantitative estimate of drug-likeness (QED) is 0.896. The Hall–Kier alpha value is -1.91. The molecule has 1 amide bonds. The van der Waals surface area contributed by atoms with Gasteiger partial charge in [-0.1, -0.05) is 17.7 Å². The lowest BCUT2D eigenvalue weighted by atomic mass is 10.1. The topological polar surface area (TPSA) is 49.3 Å². The molecular formula is C16H13ClFNO2. The average molecular weight is 306 g/mol. The van der Waals surface area contributed by atoms with Crippen LogP contribution in [0, 0.1) is 5.82 Å². The summed E-state index contributed by atoms with van der Waals surface area (Å²) >= 11 is 5.97. The Morgan fingerprint density at radius 1 is 1.24 bits per heavy atom. The molecule has 0 heterocycles. The molecule has 2 aromatic carbocycles. The largest absolute Gasteiger partial charge is 0.390 e. The molecule has 1 aliphatic rings. The summed E-state index contributed by atoms with van der Waals surface area (Å²) in [5, 5.41) is 13.5. The first-order valence-electron chi connectivity index (χ1n) is 6.57. The number of nitrogens with one attached hydrogen (secondary N) is 1. The summed E-state index contributed by atoms with van der Waals surface area (Å²) in [5.74, 6) is -0.753. The standard InChI is InChI=1S/C16H13ClFNO2/c17-11-4-1-10-7-14(20)15(13(10)8-11)19-16(21)9-2-5-12(18)6-3-9/h1-6,8,14-15,20H,7H2,(H,19,21)/t14-,15+/m0/s1. The van der Waals surface area contributed by atoms with Crippen molar-refractivity contribution in [2.75, 3.05) is 0 Å². The van der Waals surface area contributed by atoms with Crippen molar-refractivity contribution < 1.29 is 14.3 Å². The number of hydrogen-bond donors (Lipinski definition) is 2. The lowest BCUT2D eigenvalue weighted by molar-refractivity contribution is 0.0858. The zero-order valence-electron chi connectivity index (χ0n) is 11.0. The zero-order valence-corrected chi connectivity index (χ0v) is 11.8. The smallest absolute Gasteiger partial charge is 0.251 e. The molecule has 21 heavy (non-hydrogen) atoms. The van der Waals surface area contributed by atoms with Gasteiger partial charge in [0.05, 0.1) is 12.1 Å². The van der Waals surface area contributed by atoms with Crippen molar-refractivity contribution in [3.8, 4) is 0 Å². The summed E-state index contributed by atoms with van der Waals surface area (Å²) in [6.07, 6.45) is -0.219. The normalized spacial score (nSPS) is 20.1. The van der Waals surface area contributed by atoms with Crippen molar-refractivity contribution in [1.82, 2.24) is 5.32 Å². The summed E-state index contributed by atoms with van der Waals surface area (Å²) in [4.78, 5) is 12.2. The molecule has 2 atom stereocenters. The summed E-state index contributed by atoms with van der Waals surface area (Å²) in [5.41, 5.74) is 2.14. The second-order valence-corrected chi connectivity index (χ2v) is 5.51. The molecule has 0 aromatic heterocycles. The average Bonchev–Trinajstić information content (AvgIpc) is 2.76. The molecule has 0 saturated heterocycles. The highest BCUT2D eigenvalue weighted by atomic mass is 35.5. The number of rotatable bonds is 2. The van der Waals surface area contributed by atoms with E-state index < -0.39 is 18.0 Å². The fraction of sp³-hybridized carbons (Fsp3) is 0.188. The fourth-order valence-electron chi connectivity index (χ4n) is 2.59. The first kappa shape index (κ1) is 14.0. The molecule has 108 valence electrons. The molecule has 2 aromatic rings. The predicted octanol–water partition coefficient (Wildman–Crippen LogP) is 2.87. The maximum atomic E-state index is 12.9. The molecule has 2 N–H and O–H groups in total. The molecule has 0 spiro atoms. The maximum absolute atomic E-state index is 12.9. The van der Waals surface area contributed by atoms with Gasteiger partial charge in [0.25, 0.3) is 5.91 Å². The number of halogens is 2. The summed E-state index contributed by atoms with van der Waals surface area (Å²) in [7, 11) is 0. The van der Waals surface area contributed by atoms with Crippen molar-refractivity contribution in [2.45, 2.75) is 18.6 Å². The molecule has 0 unspecified atom stereocenters. The number of carbonyl (C=O) groups excluding carboxylic acids is 1. The van der Waals surface area contributed by atoms with Crippen molar-refractivity contribution in [2.24, 2.45) is 0 Å². The van der Waals surface area contributed by atoms with Gasteiger partial charge in [-0.25, -0.2) is 4.39 Å². The molecule has 5 heteroatoms. The van der Waals surface area contributed by atoms with E-state index in [1.807, 2.05) is 6.07 Å². The van der Waals surface area contributed by atoms with Gasteiger partial charge < -0.3 is 10.4 Å². The summed E-state index contributed by atoms with van der Waals surface area (Å²) in [6, 6.07) is 10.1. The Morgan fingerprint density at radius 2 is 1.95 bits per heavy atom. The van der Waals surface area contributed by atoms with E-state index in [2.05, 4.69) is 5.32 Å². The van der Waals surface area contributed by atoms with Crippen LogP contribution in [0.1, 0.15) is 27.5 Å². The van der Waals surface area contributed by atoms with Gasteiger partial charge in [-0.05, 0) is 47.5 Å². The summed E-state index contributed by atoms with van der Waals surface area (Å²) in [6.45, 7) is 0. The number of fused-ring (bicyclic) bond motifs is 1. The molecule has 3 rings (SSSR count). The molecule has 0 fully saturated rings. The fourth-order valence-corrected chi connectivity index (χ4v) is 2.77. The highest BCUT2D eigenvalue weighted by Gasteiger charge is 2.32. The third-order valence-corrected chi connectivity index (χ3v) is 3.88. The first-order valence-corrected chi connectivity index (χ1v) is 6.95. The zero-order chi connectivity index (χ0) is 15.0. The van der Waals surface area contributed by atoms with E-state index in [9.17, 15) is 14.3 Å². The third-order valence-electron chi connectivity index (χ3n) is 3.65. The van der Waals surface area contributed by atoms with Gasteiger partial charge >= 0.3 is 0 Å². The monoisotopic (exact) mass is 305 g/mol. The van der Waals surface area contributed by atoms with Crippen molar-refractivity contribution >= 4 is 17.5 Å². The van der Waals surface area contributed by atoms with Crippen LogP contribution < -0.4 is 5.32 Å². The molecule has 3 nitrogen and oxygen atoms in total. The minimum Gasteiger partial charge on any atom is -0.390 e. The van der Waals surface area contributed by atoms with Crippen LogP contribution in [0.25, 0.3) is 0 Å². The molecule has 0 radical (unpaired) electrons. The van der Waals surface area contributed by atoms with Crippen LogP contribution in [0.15, 0.2) is 42.5 Å². The van der Waals surface area contributed by atoms with Crippen LogP contribution in [0.2, 0.25) is 5.02 Å². The van der Waals surface area contributed by atoms with E-state index in [-0.39, 0.29) is 5.91 Å². The lowest BCUT2D eigenvalue weighted by Gasteiger charge is -2.18. The number of aliphatic hydroxyl groups excluding tert-OH is 1. The van der Waals surface area contributed by atoms with E-state index in [1.54, 1.807) is 12.1 Å². The van der Waals surface area contributed by atoms with Gasteiger partial charge in [0, 0.05) is 17.0 Å². The van der Waals surface area contributed by atoms with Gasteiger partial charge in [-0.3, -0.25) is 4.79 Å². The Balaban J connectivity index is 1.83. The van der Waals surface area contributed by atoms with E-state index in [1.165, 1.54) is 24.3 Å². The Bertz CT molecular complexity index is 687. The van der Waals surface area contributed by atoms with Crippen LogP contribution in [0.3, 0.4) is 0 Å². The number of amides is 1. The Morgan fingerprint density at radius 3 is 2.67 bits per heavy atom. The van der Waals surface area contributed by atoms with Gasteiger partial charge in [0.15, 0.2) is 0 Å². The van der Waals surface area contributed by atoms with Crippen molar-refractivity contribution in [3.05, 3.63) is 70.0 Å². The van der Waals surface area contributed by atoms with Crippen LogP contribution >= 0.6 is 11.6 Å². The second-order valence-electron chi connectivity index (χ2n) is 5.07. The Kier molecular flexibility index (Phi) is 3.66. The highest BCUT2D eigenvalue weighted by molar-refractivity contribution is 6.30. The van der Waals surface area contributed by atoms with E-state index in [4.69, 9.17) is 11.6 Å². The second kappa shape index (κ2) is 5.47. The number of benzene rings is 2. The third kappa shape index (κ3) is 2.77. The van der Waals surface area contributed by atoms with Gasteiger partial charge in [-0.15, -0.1) is 0 Å². The number of hydrogen-bond acceptors (Lipinski definition) is 2. The van der Waals surface area contributed by atoms with Crippen LogP contribution in [0.4, 0.5) is 4.39 Å². The molecule has 1 aliphatic carbocycles. The minimum absolute atomic E-state index is 0.346. The minimum atomic E-state index is -0.692. The van der Waals surface area contributed by atoms with Crippen LogP contribution in [-0.2, 0) is 6.42 Å². The maximum Gasteiger partial charge on any atom is 0.251 e. The number of aliphatic hydroxyl groups is 1. The van der Waals surface area contributed by atoms with Gasteiger partial charge in [-0.2, -0.15) is 0 Å². The SMILES string of the molecule is O=C(N[C@@H]1c2cc(Cl)ccc2C[C@@H]1O)c1ccc(F)cc1. The van der Waals surface area contributed by atoms with E-state index in [0.29, 0.717) is 17.0 Å². The lowest BCUT2D eigenvalue weighted by Crippen LogP contribution is -2.33. The van der Waals surface area contributed by atoms with Crippen molar-refractivity contribution in [3.63, 3.8) is 0 Å². The molecule has 0 aliphatic heterocycles. The van der Waals surface area contributed by atoms with E-state index >= 15 is 0 Å². The molecular weight excluding hydrogens is 293 g/mol. The molecule has 0 saturated carbocycles. The predicted molar refractivity (Wildman–Crippen MR) is 77.8 cm³/mol. The highest BCUT2D eigenvalue weighted by Crippen LogP contribution is 2.33. The Labute approximate surface area is 126 Å². The van der Waals surface area contributed by atoms with Crippen molar-refractivity contribution in [1.29, 1.82) is 0 Å².